The van der Waals surface area contributed by atoms with Crippen LogP contribution in [0.3, 0.4) is 0 Å². The number of benzene rings is 2. The summed E-state index contributed by atoms with van der Waals surface area (Å²) in [7, 11) is 0. The molecule has 1 heterocycles. The number of nitrogens with one attached hydrogen (secondary N) is 2. The van der Waals surface area contributed by atoms with E-state index >= 15 is 0 Å². The lowest BCUT2D eigenvalue weighted by Gasteiger charge is -2.32. The maximum Gasteiger partial charge on any atom is 0.321 e. The molecule has 3 amide bonds. The van der Waals surface area contributed by atoms with Gasteiger partial charge in [0, 0.05) is 24.8 Å². The number of hydrogen-bond donors (Lipinski definition) is 2. The van der Waals surface area contributed by atoms with Gasteiger partial charge in [0.2, 0.25) is 0 Å². The van der Waals surface area contributed by atoms with Crippen LogP contribution in [0.5, 0.6) is 0 Å². The van der Waals surface area contributed by atoms with Gasteiger partial charge in [-0.05, 0) is 37.1 Å². The minimum Gasteiger partial charge on any atom is -0.349 e. The zero-order valence-electron chi connectivity index (χ0n) is 14.0. The number of likely N-dealkylation sites (tertiary alicyclic amines) is 1. The van der Waals surface area contributed by atoms with Crippen LogP contribution in [-0.4, -0.2) is 36.0 Å². The molecule has 26 heavy (non-hydrogen) atoms. The molecule has 2 N–H and O–H groups in total. The molecule has 1 saturated heterocycles. The molecule has 7 heteroatoms. The van der Waals surface area contributed by atoms with Crippen LogP contribution < -0.4 is 10.6 Å². The molecule has 0 saturated carbocycles. The van der Waals surface area contributed by atoms with E-state index < -0.39 is 23.1 Å². The van der Waals surface area contributed by atoms with E-state index in [1.165, 1.54) is 6.07 Å². The molecule has 1 aliphatic heterocycles. The second-order valence-electron chi connectivity index (χ2n) is 6.13. The molecule has 136 valence electrons. The highest BCUT2D eigenvalue weighted by molar-refractivity contribution is 5.95. The van der Waals surface area contributed by atoms with Crippen molar-refractivity contribution in [2.24, 2.45) is 0 Å². The Hall–Kier alpha value is -2.96. The average molecular weight is 359 g/mol. The maximum atomic E-state index is 13.7. The summed E-state index contributed by atoms with van der Waals surface area (Å²) in [5.74, 6) is -2.54. The molecule has 2 aromatic carbocycles. The van der Waals surface area contributed by atoms with Crippen LogP contribution in [0.15, 0.2) is 48.5 Å². The van der Waals surface area contributed by atoms with Crippen molar-refractivity contribution in [2.45, 2.75) is 18.9 Å². The standard InChI is InChI=1S/C19H19F2N3O2/c20-15-7-4-8-16(21)17(15)18(25)22-14-9-11-24(12-10-14)19(26)23-13-5-2-1-3-6-13/h1-8,14H,9-12H2,(H,22,25)(H,23,26). The number of piperidine rings is 1. The van der Waals surface area contributed by atoms with Crippen molar-refractivity contribution >= 4 is 17.6 Å². The number of amides is 3. The summed E-state index contributed by atoms with van der Waals surface area (Å²) < 4.78 is 27.3. The van der Waals surface area contributed by atoms with Crippen molar-refractivity contribution in [3.05, 3.63) is 65.7 Å². The van der Waals surface area contributed by atoms with Gasteiger partial charge in [0.25, 0.3) is 5.91 Å². The summed E-state index contributed by atoms with van der Waals surface area (Å²) in [6.45, 7) is 0.896. The first-order chi connectivity index (χ1) is 12.5. The highest BCUT2D eigenvalue weighted by Gasteiger charge is 2.26. The normalized spacial score (nSPS) is 14.8. The number of nitrogens with zero attached hydrogens (tertiary/aromatic N) is 1. The number of halogens is 2. The molecular weight excluding hydrogens is 340 g/mol. The summed E-state index contributed by atoms with van der Waals surface area (Å²) in [5.41, 5.74) is 0.139. The number of para-hydroxylation sites is 1. The zero-order chi connectivity index (χ0) is 18.5. The smallest absolute Gasteiger partial charge is 0.321 e. The van der Waals surface area contributed by atoms with Crippen LogP contribution in [0.1, 0.15) is 23.2 Å². The summed E-state index contributed by atoms with van der Waals surface area (Å²) in [6, 6.07) is 12.0. The Morgan fingerprint density at radius 1 is 0.923 bits per heavy atom. The molecule has 0 aliphatic carbocycles. The van der Waals surface area contributed by atoms with Gasteiger partial charge >= 0.3 is 6.03 Å². The lowest BCUT2D eigenvalue weighted by Crippen LogP contribution is -2.48. The fraction of sp³-hybridized carbons (Fsp3) is 0.263. The number of hydrogen-bond acceptors (Lipinski definition) is 2. The van der Waals surface area contributed by atoms with Crippen LogP contribution in [0.2, 0.25) is 0 Å². The van der Waals surface area contributed by atoms with Crippen LogP contribution in [0.4, 0.5) is 19.3 Å². The van der Waals surface area contributed by atoms with E-state index in [4.69, 9.17) is 0 Å². The highest BCUT2D eigenvalue weighted by atomic mass is 19.1. The minimum atomic E-state index is -0.887. The Morgan fingerprint density at radius 3 is 2.15 bits per heavy atom. The number of carbonyl (C=O) groups is 2. The maximum absolute atomic E-state index is 13.7. The molecular formula is C19H19F2N3O2. The summed E-state index contributed by atoms with van der Waals surface area (Å²) in [6.07, 6.45) is 1.04. The van der Waals surface area contributed by atoms with E-state index in [1.807, 2.05) is 18.2 Å². The molecule has 0 spiro atoms. The fourth-order valence-electron chi connectivity index (χ4n) is 2.92. The van der Waals surface area contributed by atoms with Crippen molar-refractivity contribution in [1.29, 1.82) is 0 Å². The van der Waals surface area contributed by atoms with Gasteiger partial charge in [-0.2, -0.15) is 0 Å². The van der Waals surface area contributed by atoms with Crippen LogP contribution >= 0.6 is 0 Å². The third-order valence-electron chi connectivity index (χ3n) is 4.33. The number of rotatable bonds is 3. The van der Waals surface area contributed by atoms with Gasteiger partial charge in [0.1, 0.15) is 17.2 Å². The predicted molar refractivity (Wildman–Crippen MR) is 93.9 cm³/mol. The molecule has 3 rings (SSSR count). The van der Waals surface area contributed by atoms with Gasteiger partial charge < -0.3 is 15.5 Å². The first kappa shape index (κ1) is 17.8. The Balaban J connectivity index is 1.52. The molecule has 0 bridgehead atoms. The summed E-state index contributed by atoms with van der Waals surface area (Å²) in [4.78, 5) is 26.0. The monoisotopic (exact) mass is 359 g/mol. The van der Waals surface area contributed by atoms with Gasteiger partial charge in [-0.1, -0.05) is 24.3 Å². The van der Waals surface area contributed by atoms with Gasteiger partial charge in [-0.25, -0.2) is 13.6 Å². The topological polar surface area (TPSA) is 61.4 Å². The van der Waals surface area contributed by atoms with Crippen LogP contribution in [0, 0.1) is 11.6 Å². The lowest BCUT2D eigenvalue weighted by molar-refractivity contribution is 0.0910. The molecule has 1 fully saturated rings. The third kappa shape index (κ3) is 4.17. The number of urea groups is 1. The van der Waals surface area contributed by atoms with Crippen molar-refractivity contribution in [2.75, 3.05) is 18.4 Å². The first-order valence-electron chi connectivity index (χ1n) is 8.40. The Labute approximate surface area is 150 Å². The third-order valence-corrected chi connectivity index (χ3v) is 4.33. The predicted octanol–water partition coefficient (Wildman–Crippen LogP) is 3.39. The van der Waals surface area contributed by atoms with E-state index in [2.05, 4.69) is 10.6 Å². The number of carbonyl (C=O) groups excluding carboxylic acids is 2. The number of anilines is 1. The van der Waals surface area contributed by atoms with Crippen molar-refractivity contribution in [1.82, 2.24) is 10.2 Å². The van der Waals surface area contributed by atoms with Crippen LogP contribution in [-0.2, 0) is 0 Å². The molecule has 5 nitrogen and oxygen atoms in total. The quantitative estimate of drug-likeness (QED) is 0.882. The zero-order valence-corrected chi connectivity index (χ0v) is 14.0. The van der Waals surface area contributed by atoms with Crippen molar-refractivity contribution < 1.29 is 18.4 Å². The van der Waals surface area contributed by atoms with E-state index in [0.717, 1.165) is 12.1 Å². The lowest BCUT2D eigenvalue weighted by atomic mass is 10.0. The Bertz CT molecular complexity index is 770. The Morgan fingerprint density at radius 2 is 1.54 bits per heavy atom. The van der Waals surface area contributed by atoms with E-state index in [1.54, 1.807) is 17.0 Å². The van der Waals surface area contributed by atoms with Crippen molar-refractivity contribution in [3.63, 3.8) is 0 Å². The van der Waals surface area contributed by atoms with Gasteiger partial charge in [0.15, 0.2) is 0 Å². The summed E-state index contributed by atoms with van der Waals surface area (Å²) >= 11 is 0. The average Bonchev–Trinajstić information content (AvgIpc) is 2.63. The SMILES string of the molecule is O=C(NC1CCN(C(=O)Nc2ccccc2)CC1)c1c(F)cccc1F. The van der Waals surface area contributed by atoms with E-state index in [9.17, 15) is 18.4 Å². The molecule has 0 atom stereocenters. The fourth-order valence-corrected chi connectivity index (χ4v) is 2.92. The summed E-state index contributed by atoms with van der Waals surface area (Å²) in [5, 5.41) is 5.46. The van der Waals surface area contributed by atoms with E-state index in [0.29, 0.717) is 31.6 Å². The molecule has 2 aromatic rings. The largest absolute Gasteiger partial charge is 0.349 e. The second-order valence-corrected chi connectivity index (χ2v) is 6.13. The first-order valence-corrected chi connectivity index (χ1v) is 8.40. The molecule has 0 unspecified atom stereocenters. The molecule has 0 aromatic heterocycles. The van der Waals surface area contributed by atoms with Crippen LogP contribution in [0.25, 0.3) is 0 Å². The Kier molecular flexibility index (Phi) is 5.46. The van der Waals surface area contributed by atoms with Gasteiger partial charge in [0.05, 0.1) is 0 Å². The highest BCUT2D eigenvalue weighted by Crippen LogP contribution is 2.16. The van der Waals surface area contributed by atoms with Crippen molar-refractivity contribution in [3.8, 4) is 0 Å². The van der Waals surface area contributed by atoms with E-state index in [-0.39, 0.29) is 12.1 Å². The van der Waals surface area contributed by atoms with Gasteiger partial charge in [-0.15, -0.1) is 0 Å². The van der Waals surface area contributed by atoms with Gasteiger partial charge in [-0.3, -0.25) is 4.79 Å². The minimum absolute atomic E-state index is 0.207. The molecule has 1 aliphatic rings. The molecule has 0 radical (unpaired) electrons. The second kappa shape index (κ2) is 7.95.